The Bertz CT molecular complexity index is 599. The van der Waals surface area contributed by atoms with Crippen LogP contribution in [-0.4, -0.2) is 23.4 Å². The summed E-state index contributed by atoms with van der Waals surface area (Å²) in [7, 11) is 1.62. The predicted molar refractivity (Wildman–Crippen MR) is 70.4 cm³/mol. The molecule has 0 amide bonds. The van der Waals surface area contributed by atoms with Crippen molar-refractivity contribution in [1.29, 1.82) is 0 Å². The third-order valence-electron chi connectivity index (χ3n) is 2.97. The molecule has 5 heteroatoms. The number of H-pyrrole nitrogens is 1. The van der Waals surface area contributed by atoms with Crippen molar-refractivity contribution in [1.82, 2.24) is 9.78 Å². The molecule has 2 rings (SSSR count). The number of rotatable bonds is 4. The fourth-order valence-corrected chi connectivity index (χ4v) is 2.00. The molecule has 0 bridgehead atoms. The maximum Gasteiger partial charge on any atom is 0.267 e. The Balaban J connectivity index is 2.50. The molecule has 2 aromatic rings. The molecule has 0 fully saturated rings. The normalized spacial score (nSPS) is 10.6. The molecule has 96 valence electrons. The molecular weight excluding hydrogens is 230 g/mol. The number of nitrogens with zero attached hydrogens (tertiary/aromatic N) is 1. The lowest BCUT2D eigenvalue weighted by Gasteiger charge is -2.07. The van der Waals surface area contributed by atoms with Crippen LogP contribution in [0.5, 0.6) is 5.75 Å². The SMILES string of the molecule is COc1cccc(-n2[nH]c(=O)c(CCN)c2C)c1. The van der Waals surface area contributed by atoms with Gasteiger partial charge in [-0.2, -0.15) is 0 Å². The second kappa shape index (κ2) is 5.10. The Morgan fingerprint density at radius 3 is 2.89 bits per heavy atom. The molecule has 0 spiro atoms. The van der Waals surface area contributed by atoms with Crippen LogP contribution in [-0.2, 0) is 6.42 Å². The number of methoxy groups -OCH3 is 1. The highest BCUT2D eigenvalue weighted by atomic mass is 16.5. The van der Waals surface area contributed by atoms with Gasteiger partial charge in [-0.05, 0) is 32.0 Å². The van der Waals surface area contributed by atoms with Crippen LogP contribution in [0.25, 0.3) is 5.69 Å². The molecule has 1 heterocycles. The molecule has 0 saturated carbocycles. The van der Waals surface area contributed by atoms with Crippen LogP contribution in [0.2, 0.25) is 0 Å². The number of hydrogen-bond donors (Lipinski definition) is 2. The lowest BCUT2D eigenvalue weighted by molar-refractivity contribution is 0.414. The summed E-state index contributed by atoms with van der Waals surface area (Å²) in [6.07, 6.45) is 0.581. The lowest BCUT2D eigenvalue weighted by Crippen LogP contribution is -2.12. The van der Waals surface area contributed by atoms with Gasteiger partial charge in [-0.3, -0.25) is 14.6 Å². The molecule has 5 nitrogen and oxygen atoms in total. The molecule has 1 aromatic heterocycles. The van der Waals surface area contributed by atoms with Crippen LogP contribution in [0.4, 0.5) is 0 Å². The first kappa shape index (κ1) is 12.4. The van der Waals surface area contributed by atoms with Crippen LogP contribution in [0.1, 0.15) is 11.3 Å². The van der Waals surface area contributed by atoms with Gasteiger partial charge in [0.15, 0.2) is 0 Å². The predicted octanol–water partition coefficient (Wildman–Crippen LogP) is 0.984. The Labute approximate surface area is 105 Å². The van der Waals surface area contributed by atoms with Gasteiger partial charge in [0.1, 0.15) is 5.75 Å². The van der Waals surface area contributed by atoms with E-state index in [9.17, 15) is 4.79 Å². The van der Waals surface area contributed by atoms with Gasteiger partial charge < -0.3 is 10.5 Å². The average Bonchev–Trinajstić information content (AvgIpc) is 2.67. The highest BCUT2D eigenvalue weighted by molar-refractivity contribution is 5.40. The Morgan fingerprint density at radius 1 is 1.44 bits per heavy atom. The summed E-state index contributed by atoms with van der Waals surface area (Å²) in [5.41, 5.74) is 7.92. The topological polar surface area (TPSA) is 73.0 Å². The van der Waals surface area contributed by atoms with Gasteiger partial charge in [0.2, 0.25) is 0 Å². The molecule has 3 N–H and O–H groups in total. The summed E-state index contributed by atoms with van der Waals surface area (Å²) in [5, 5.41) is 2.82. The van der Waals surface area contributed by atoms with Crippen molar-refractivity contribution in [2.75, 3.05) is 13.7 Å². The van der Waals surface area contributed by atoms with Crippen molar-refractivity contribution in [3.05, 3.63) is 45.9 Å². The molecule has 0 aliphatic heterocycles. The van der Waals surface area contributed by atoms with Crippen LogP contribution in [0, 0.1) is 6.92 Å². The minimum Gasteiger partial charge on any atom is -0.497 e. The molecule has 0 radical (unpaired) electrons. The number of nitrogens with two attached hydrogens (primary N) is 1. The number of aromatic amines is 1. The molecule has 18 heavy (non-hydrogen) atoms. The van der Waals surface area contributed by atoms with Gasteiger partial charge in [-0.1, -0.05) is 6.07 Å². The number of aromatic nitrogens is 2. The van der Waals surface area contributed by atoms with E-state index in [1.807, 2.05) is 31.2 Å². The van der Waals surface area contributed by atoms with E-state index in [-0.39, 0.29) is 5.56 Å². The van der Waals surface area contributed by atoms with E-state index in [1.54, 1.807) is 11.8 Å². The average molecular weight is 247 g/mol. The third kappa shape index (κ3) is 2.17. The molecule has 0 saturated heterocycles. The van der Waals surface area contributed by atoms with Crippen LogP contribution in [0.15, 0.2) is 29.1 Å². The highest BCUT2D eigenvalue weighted by Crippen LogP contribution is 2.17. The van der Waals surface area contributed by atoms with Crippen molar-refractivity contribution >= 4 is 0 Å². The Kier molecular flexibility index (Phi) is 3.53. The molecular formula is C13H17N3O2. The van der Waals surface area contributed by atoms with Crippen molar-refractivity contribution in [3.8, 4) is 11.4 Å². The summed E-state index contributed by atoms with van der Waals surface area (Å²) >= 11 is 0. The maximum absolute atomic E-state index is 11.8. The minimum atomic E-state index is -0.0826. The van der Waals surface area contributed by atoms with E-state index in [0.29, 0.717) is 13.0 Å². The van der Waals surface area contributed by atoms with E-state index >= 15 is 0 Å². The van der Waals surface area contributed by atoms with Gasteiger partial charge in [0.05, 0.1) is 12.8 Å². The zero-order valence-corrected chi connectivity index (χ0v) is 10.6. The van der Waals surface area contributed by atoms with Crippen LogP contribution >= 0.6 is 0 Å². The molecule has 0 aliphatic carbocycles. The first-order valence-corrected chi connectivity index (χ1v) is 5.82. The van der Waals surface area contributed by atoms with E-state index in [0.717, 1.165) is 22.7 Å². The van der Waals surface area contributed by atoms with Crippen LogP contribution < -0.4 is 16.0 Å². The third-order valence-corrected chi connectivity index (χ3v) is 2.97. The van der Waals surface area contributed by atoms with Crippen LogP contribution in [0.3, 0.4) is 0 Å². The largest absolute Gasteiger partial charge is 0.497 e. The Morgan fingerprint density at radius 2 is 2.22 bits per heavy atom. The fraction of sp³-hybridized carbons (Fsp3) is 0.308. The second-order valence-corrected chi connectivity index (χ2v) is 4.08. The van der Waals surface area contributed by atoms with Gasteiger partial charge in [-0.25, -0.2) is 0 Å². The quantitative estimate of drug-likeness (QED) is 0.846. The lowest BCUT2D eigenvalue weighted by atomic mass is 10.2. The van der Waals surface area contributed by atoms with Gasteiger partial charge in [-0.15, -0.1) is 0 Å². The number of nitrogens with one attached hydrogen (secondary N) is 1. The van der Waals surface area contributed by atoms with Crippen molar-refractivity contribution in [3.63, 3.8) is 0 Å². The summed E-state index contributed by atoms with van der Waals surface area (Å²) in [6.45, 7) is 2.37. The minimum absolute atomic E-state index is 0.0826. The highest BCUT2D eigenvalue weighted by Gasteiger charge is 2.11. The smallest absolute Gasteiger partial charge is 0.267 e. The summed E-state index contributed by atoms with van der Waals surface area (Å²) in [6, 6.07) is 7.53. The van der Waals surface area contributed by atoms with Gasteiger partial charge in [0.25, 0.3) is 5.56 Å². The molecule has 0 unspecified atom stereocenters. The number of benzene rings is 1. The van der Waals surface area contributed by atoms with E-state index < -0.39 is 0 Å². The molecule has 1 aromatic carbocycles. The zero-order chi connectivity index (χ0) is 13.1. The summed E-state index contributed by atoms with van der Waals surface area (Å²) in [5.74, 6) is 0.752. The second-order valence-electron chi connectivity index (χ2n) is 4.08. The van der Waals surface area contributed by atoms with Crippen molar-refractivity contribution in [2.24, 2.45) is 5.73 Å². The Hall–Kier alpha value is -2.01. The van der Waals surface area contributed by atoms with E-state index in [2.05, 4.69) is 5.10 Å². The van der Waals surface area contributed by atoms with Gasteiger partial charge in [0, 0.05) is 17.3 Å². The maximum atomic E-state index is 11.8. The summed E-state index contributed by atoms with van der Waals surface area (Å²) in [4.78, 5) is 11.8. The fourth-order valence-electron chi connectivity index (χ4n) is 2.00. The van der Waals surface area contributed by atoms with Crippen molar-refractivity contribution in [2.45, 2.75) is 13.3 Å². The molecule has 0 aliphatic rings. The monoisotopic (exact) mass is 247 g/mol. The number of hydrogen-bond acceptors (Lipinski definition) is 3. The zero-order valence-electron chi connectivity index (χ0n) is 10.6. The standard InChI is InChI=1S/C13H17N3O2/c1-9-12(6-7-14)13(17)15-16(9)10-4-3-5-11(8-10)18-2/h3-5,8H,6-7,14H2,1-2H3,(H,15,17). The van der Waals surface area contributed by atoms with E-state index in [1.165, 1.54) is 0 Å². The van der Waals surface area contributed by atoms with Gasteiger partial charge >= 0.3 is 0 Å². The summed E-state index contributed by atoms with van der Waals surface area (Å²) < 4.78 is 6.94. The first-order chi connectivity index (χ1) is 8.67. The van der Waals surface area contributed by atoms with Crippen molar-refractivity contribution < 1.29 is 4.74 Å². The molecule has 0 atom stereocenters. The number of ether oxygens (including phenoxy) is 1. The first-order valence-electron chi connectivity index (χ1n) is 5.82. The van der Waals surface area contributed by atoms with E-state index in [4.69, 9.17) is 10.5 Å².